The number of hydrogen-bond donors (Lipinski definition) is 3. The molecule has 4 aromatic rings. The number of carbonyl (C=O) groups is 2. The molecule has 4 rings (SSSR count). The summed E-state index contributed by atoms with van der Waals surface area (Å²) in [4.78, 5) is 36.4. The number of carbonyl (C=O) groups excluding carboxylic acids is 2. The van der Waals surface area contributed by atoms with Crippen LogP contribution in [-0.2, 0) is 17.9 Å². The average Bonchev–Trinajstić information content (AvgIpc) is 3.12. The standard InChI is InChI=1S/C24H22N4O4/c29-22(13-14-28-20-11-4-5-12-21(20)32-24(28)31)25-16-17-7-6-10-19(15-17)27-23(30)26-18-8-2-1-3-9-18/h1-12,15H,13-14,16H2,(H,25,29)(H2,26,27,30). The van der Waals surface area contributed by atoms with Crippen molar-refractivity contribution >= 4 is 34.4 Å². The second-order valence-corrected chi connectivity index (χ2v) is 7.16. The van der Waals surface area contributed by atoms with Crippen LogP contribution in [0.15, 0.2) is 88.1 Å². The molecule has 0 radical (unpaired) electrons. The molecule has 0 unspecified atom stereocenters. The number of nitrogens with zero attached hydrogens (tertiary/aromatic N) is 1. The Balaban J connectivity index is 1.29. The smallest absolute Gasteiger partial charge is 0.408 e. The van der Waals surface area contributed by atoms with Gasteiger partial charge >= 0.3 is 11.8 Å². The Morgan fingerprint density at radius 3 is 2.41 bits per heavy atom. The van der Waals surface area contributed by atoms with Gasteiger partial charge in [0.15, 0.2) is 5.58 Å². The predicted octanol–water partition coefficient (Wildman–Crippen LogP) is 3.95. The van der Waals surface area contributed by atoms with E-state index in [1.165, 1.54) is 4.57 Å². The summed E-state index contributed by atoms with van der Waals surface area (Å²) in [6.07, 6.45) is 0.140. The molecule has 0 saturated heterocycles. The molecule has 0 spiro atoms. The highest BCUT2D eigenvalue weighted by atomic mass is 16.4. The van der Waals surface area contributed by atoms with Crippen molar-refractivity contribution in [2.45, 2.75) is 19.5 Å². The highest BCUT2D eigenvalue weighted by Gasteiger charge is 2.10. The number of fused-ring (bicyclic) bond motifs is 1. The maximum absolute atomic E-state index is 12.3. The lowest BCUT2D eigenvalue weighted by molar-refractivity contribution is -0.121. The van der Waals surface area contributed by atoms with Gasteiger partial charge in [0.25, 0.3) is 0 Å². The van der Waals surface area contributed by atoms with Crippen molar-refractivity contribution < 1.29 is 14.0 Å². The minimum Gasteiger partial charge on any atom is -0.408 e. The molecule has 32 heavy (non-hydrogen) atoms. The lowest BCUT2D eigenvalue weighted by Gasteiger charge is -2.10. The number of anilines is 2. The first-order valence-corrected chi connectivity index (χ1v) is 10.2. The summed E-state index contributed by atoms with van der Waals surface area (Å²) in [7, 11) is 0. The van der Waals surface area contributed by atoms with E-state index in [1.807, 2.05) is 30.3 Å². The van der Waals surface area contributed by atoms with E-state index in [1.54, 1.807) is 48.5 Å². The van der Waals surface area contributed by atoms with Gasteiger partial charge in [-0.3, -0.25) is 9.36 Å². The number of urea groups is 1. The van der Waals surface area contributed by atoms with Crippen molar-refractivity contribution in [3.05, 3.63) is 95.0 Å². The number of rotatable bonds is 7. The molecule has 0 aliphatic rings. The third kappa shape index (κ3) is 5.23. The van der Waals surface area contributed by atoms with Crippen LogP contribution in [0.2, 0.25) is 0 Å². The molecule has 0 bridgehead atoms. The number of oxazole rings is 1. The van der Waals surface area contributed by atoms with E-state index in [0.29, 0.717) is 29.0 Å². The quantitative estimate of drug-likeness (QED) is 0.413. The van der Waals surface area contributed by atoms with Crippen LogP contribution < -0.4 is 21.7 Å². The Morgan fingerprint density at radius 1 is 0.844 bits per heavy atom. The first-order valence-electron chi connectivity index (χ1n) is 10.2. The van der Waals surface area contributed by atoms with E-state index < -0.39 is 5.76 Å². The molecule has 1 heterocycles. The zero-order valence-corrected chi connectivity index (χ0v) is 17.2. The summed E-state index contributed by atoms with van der Waals surface area (Å²) in [6.45, 7) is 0.526. The van der Waals surface area contributed by atoms with Crippen LogP contribution in [0, 0.1) is 0 Å². The average molecular weight is 430 g/mol. The number of hydrogen-bond acceptors (Lipinski definition) is 4. The van der Waals surface area contributed by atoms with Crippen molar-refractivity contribution in [3.63, 3.8) is 0 Å². The summed E-state index contributed by atoms with van der Waals surface area (Å²) in [5.41, 5.74) is 3.30. The summed E-state index contributed by atoms with van der Waals surface area (Å²) in [6, 6.07) is 23.1. The molecule has 3 aromatic carbocycles. The van der Waals surface area contributed by atoms with Gasteiger partial charge in [0, 0.05) is 30.9 Å². The molecule has 8 nitrogen and oxygen atoms in total. The topological polar surface area (TPSA) is 105 Å². The molecule has 0 saturated carbocycles. The maximum Gasteiger partial charge on any atom is 0.419 e. The van der Waals surface area contributed by atoms with Crippen molar-refractivity contribution in [3.8, 4) is 0 Å². The van der Waals surface area contributed by atoms with Gasteiger partial charge in [0.05, 0.1) is 5.52 Å². The Bertz CT molecular complexity index is 1290. The second-order valence-electron chi connectivity index (χ2n) is 7.16. The molecular weight excluding hydrogens is 408 g/mol. The monoisotopic (exact) mass is 430 g/mol. The Morgan fingerprint density at radius 2 is 1.56 bits per heavy atom. The fourth-order valence-corrected chi connectivity index (χ4v) is 3.30. The zero-order chi connectivity index (χ0) is 22.3. The Hall–Kier alpha value is -4.33. The van der Waals surface area contributed by atoms with E-state index >= 15 is 0 Å². The molecule has 1 aromatic heterocycles. The number of amides is 3. The van der Waals surface area contributed by atoms with Crippen LogP contribution in [-0.4, -0.2) is 16.5 Å². The molecule has 162 valence electrons. The van der Waals surface area contributed by atoms with E-state index in [2.05, 4.69) is 16.0 Å². The minimum absolute atomic E-state index is 0.140. The fourth-order valence-electron chi connectivity index (χ4n) is 3.30. The van der Waals surface area contributed by atoms with Gasteiger partial charge < -0.3 is 20.4 Å². The lowest BCUT2D eigenvalue weighted by atomic mass is 10.2. The number of aromatic nitrogens is 1. The SMILES string of the molecule is O=C(CCn1c(=O)oc2ccccc21)NCc1cccc(NC(=O)Nc2ccccc2)c1. The largest absolute Gasteiger partial charge is 0.419 e. The first-order chi connectivity index (χ1) is 15.6. The van der Waals surface area contributed by atoms with Gasteiger partial charge in [-0.05, 0) is 42.0 Å². The summed E-state index contributed by atoms with van der Waals surface area (Å²) >= 11 is 0. The number of aryl methyl sites for hydroxylation is 1. The number of benzene rings is 3. The summed E-state index contributed by atoms with van der Waals surface area (Å²) in [5, 5.41) is 8.36. The molecule has 0 fully saturated rings. The van der Waals surface area contributed by atoms with E-state index in [9.17, 15) is 14.4 Å². The van der Waals surface area contributed by atoms with Gasteiger partial charge in [-0.2, -0.15) is 0 Å². The van der Waals surface area contributed by atoms with Crippen molar-refractivity contribution in [2.24, 2.45) is 0 Å². The normalized spacial score (nSPS) is 10.6. The molecule has 0 aliphatic carbocycles. The third-order valence-corrected chi connectivity index (χ3v) is 4.84. The van der Waals surface area contributed by atoms with Crippen molar-refractivity contribution in [1.82, 2.24) is 9.88 Å². The van der Waals surface area contributed by atoms with Gasteiger partial charge in [-0.15, -0.1) is 0 Å². The van der Waals surface area contributed by atoms with Crippen molar-refractivity contribution in [2.75, 3.05) is 10.6 Å². The van der Waals surface area contributed by atoms with Gasteiger partial charge in [0.1, 0.15) is 0 Å². The second kappa shape index (κ2) is 9.65. The van der Waals surface area contributed by atoms with Gasteiger partial charge in [-0.1, -0.05) is 42.5 Å². The Labute approximate surface area is 183 Å². The van der Waals surface area contributed by atoms with Crippen LogP contribution in [0.5, 0.6) is 0 Å². The predicted molar refractivity (Wildman–Crippen MR) is 122 cm³/mol. The highest BCUT2D eigenvalue weighted by Crippen LogP contribution is 2.13. The molecule has 0 atom stereocenters. The van der Waals surface area contributed by atoms with Crippen LogP contribution >= 0.6 is 0 Å². The van der Waals surface area contributed by atoms with Gasteiger partial charge in [-0.25, -0.2) is 9.59 Å². The third-order valence-electron chi connectivity index (χ3n) is 4.84. The summed E-state index contributed by atoms with van der Waals surface area (Å²) < 4.78 is 6.63. The van der Waals surface area contributed by atoms with E-state index in [-0.39, 0.29) is 24.9 Å². The molecule has 3 N–H and O–H groups in total. The Kier molecular flexibility index (Phi) is 6.31. The molecule has 8 heteroatoms. The molecule has 0 aliphatic heterocycles. The maximum atomic E-state index is 12.3. The zero-order valence-electron chi connectivity index (χ0n) is 17.2. The lowest BCUT2D eigenvalue weighted by Crippen LogP contribution is -2.26. The van der Waals surface area contributed by atoms with Crippen LogP contribution in [0.1, 0.15) is 12.0 Å². The van der Waals surface area contributed by atoms with Crippen LogP contribution in [0.3, 0.4) is 0 Å². The van der Waals surface area contributed by atoms with Crippen LogP contribution in [0.25, 0.3) is 11.1 Å². The van der Waals surface area contributed by atoms with Crippen LogP contribution in [0.4, 0.5) is 16.2 Å². The molecule has 3 amide bonds. The minimum atomic E-state index is -0.480. The number of nitrogens with one attached hydrogen (secondary N) is 3. The van der Waals surface area contributed by atoms with Crippen molar-refractivity contribution in [1.29, 1.82) is 0 Å². The highest BCUT2D eigenvalue weighted by molar-refractivity contribution is 5.99. The van der Waals surface area contributed by atoms with E-state index in [4.69, 9.17) is 4.42 Å². The van der Waals surface area contributed by atoms with E-state index in [0.717, 1.165) is 5.56 Å². The fraction of sp³-hybridized carbons (Fsp3) is 0.125. The van der Waals surface area contributed by atoms with Gasteiger partial charge in [0.2, 0.25) is 5.91 Å². The summed E-state index contributed by atoms with van der Waals surface area (Å²) in [5.74, 6) is -0.672. The molecular formula is C24H22N4O4. The first kappa shape index (κ1) is 20.9. The number of para-hydroxylation sites is 3.